The highest BCUT2D eigenvalue weighted by atomic mass is 32.2. The Hall–Kier alpha value is -0.190. The average molecular weight is 264 g/mol. The lowest BCUT2D eigenvalue weighted by Crippen LogP contribution is -2.23. The molecule has 7 heteroatoms. The molecule has 4 nitrogen and oxygen atoms in total. The SMILES string of the molecule is O=C=NCCC(S)CC(S)(S)CN=C=O. The summed E-state index contributed by atoms with van der Waals surface area (Å²) in [5.41, 5.74) is 0. The summed E-state index contributed by atoms with van der Waals surface area (Å²) in [6.07, 6.45) is 4.06. The molecule has 0 aliphatic heterocycles. The minimum atomic E-state index is -0.686. The molecular formula is C8H12N2O2S3. The number of hydrogen-bond donors (Lipinski definition) is 3. The molecule has 1 unspecified atom stereocenters. The van der Waals surface area contributed by atoms with Gasteiger partial charge in [-0.1, -0.05) is 0 Å². The van der Waals surface area contributed by atoms with Gasteiger partial charge < -0.3 is 0 Å². The molecule has 0 aromatic heterocycles. The molecule has 15 heavy (non-hydrogen) atoms. The van der Waals surface area contributed by atoms with E-state index in [2.05, 4.69) is 47.9 Å². The molecule has 0 saturated heterocycles. The molecule has 0 spiro atoms. The second-order valence-corrected chi connectivity index (χ2v) is 5.80. The molecule has 0 aromatic rings. The number of aliphatic imine (C=N–C) groups is 2. The molecule has 0 amide bonds. The first-order valence-corrected chi connectivity index (χ1v) is 5.63. The molecule has 0 rings (SSSR count). The van der Waals surface area contributed by atoms with Crippen molar-refractivity contribution in [3.05, 3.63) is 0 Å². The Morgan fingerprint density at radius 3 is 2.33 bits per heavy atom. The van der Waals surface area contributed by atoms with E-state index in [4.69, 9.17) is 0 Å². The first-order valence-electron chi connectivity index (χ1n) is 4.22. The molecule has 0 saturated carbocycles. The van der Waals surface area contributed by atoms with Crippen LogP contribution in [0.3, 0.4) is 0 Å². The summed E-state index contributed by atoms with van der Waals surface area (Å²) in [5, 5.41) is -0.000970. The van der Waals surface area contributed by atoms with Crippen LogP contribution < -0.4 is 0 Å². The van der Waals surface area contributed by atoms with E-state index in [1.807, 2.05) is 0 Å². The third-order valence-electron chi connectivity index (χ3n) is 1.60. The smallest absolute Gasteiger partial charge is 0.211 e. The second-order valence-electron chi connectivity index (χ2n) is 3.01. The predicted octanol–water partition coefficient (Wildman–Crippen LogP) is 1.29. The van der Waals surface area contributed by atoms with E-state index in [0.717, 1.165) is 0 Å². The fourth-order valence-corrected chi connectivity index (χ4v) is 2.26. The van der Waals surface area contributed by atoms with Gasteiger partial charge >= 0.3 is 0 Å². The van der Waals surface area contributed by atoms with Gasteiger partial charge in [-0.25, -0.2) is 19.6 Å². The maximum Gasteiger partial charge on any atom is 0.235 e. The summed E-state index contributed by atoms with van der Waals surface area (Å²) < 4.78 is -0.686. The number of thiol groups is 3. The highest BCUT2D eigenvalue weighted by Crippen LogP contribution is 2.29. The largest absolute Gasteiger partial charge is 0.235 e. The van der Waals surface area contributed by atoms with Crippen LogP contribution in [-0.4, -0.2) is 34.6 Å². The van der Waals surface area contributed by atoms with Gasteiger partial charge in [0.1, 0.15) is 0 Å². The molecule has 0 aromatic carbocycles. The molecule has 0 bridgehead atoms. The molecule has 0 aliphatic carbocycles. The minimum Gasteiger partial charge on any atom is -0.211 e. The van der Waals surface area contributed by atoms with Crippen LogP contribution >= 0.6 is 37.9 Å². The summed E-state index contributed by atoms with van der Waals surface area (Å²) >= 11 is 12.8. The monoisotopic (exact) mass is 264 g/mol. The first kappa shape index (κ1) is 14.8. The maximum atomic E-state index is 9.91. The molecule has 0 N–H and O–H groups in total. The van der Waals surface area contributed by atoms with Crippen molar-refractivity contribution >= 4 is 50.0 Å². The molecule has 0 fully saturated rings. The molecular weight excluding hydrogens is 252 g/mol. The van der Waals surface area contributed by atoms with Crippen molar-refractivity contribution in [3.63, 3.8) is 0 Å². The van der Waals surface area contributed by atoms with E-state index in [9.17, 15) is 9.59 Å². The highest BCUT2D eigenvalue weighted by Gasteiger charge is 2.23. The standard InChI is InChI=1S/C8H12N2O2S3/c11-5-9-2-1-7(13)3-8(14,15)4-10-6-12/h7,13-15H,1-4H2. The van der Waals surface area contributed by atoms with Crippen molar-refractivity contribution in [2.75, 3.05) is 13.1 Å². The highest BCUT2D eigenvalue weighted by molar-refractivity contribution is 8.00. The van der Waals surface area contributed by atoms with Crippen LogP contribution in [0.5, 0.6) is 0 Å². The van der Waals surface area contributed by atoms with Gasteiger partial charge in [-0.2, -0.15) is 37.9 Å². The topological polar surface area (TPSA) is 58.9 Å². The lowest BCUT2D eigenvalue weighted by Gasteiger charge is -2.22. The van der Waals surface area contributed by atoms with E-state index in [1.54, 1.807) is 0 Å². The van der Waals surface area contributed by atoms with Gasteiger partial charge in [-0.05, 0) is 12.8 Å². The van der Waals surface area contributed by atoms with Crippen LogP contribution in [-0.2, 0) is 9.59 Å². The van der Waals surface area contributed by atoms with Gasteiger partial charge in [-0.15, -0.1) is 0 Å². The zero-order valence-electron chi connectivity index (χ0n) is 7.96. The average Bonchev–Trinajstić information content (AvgIpc) is 2.14. The van der Waals surface area contributed by atoms with Crippen LogP contribution in [0.2, 0.25) is 0 Å². The van der Waals surface area contributed by atoms with Crippen LogP contribution in [0.15, 0.2) is 9.98 Å². The number of isocyanates is 2. The first-order chi connectivity index (χ1) is 7.02. The van der Waals surface area contributed by atoms with E-state index in [1.165, 1.54) is 12.2 Å². The fraction of sp³-hybridized carbons (Fsp3) is 0.750. The maximum absolute atomic E-state index is 9.91. The zero-order chi connectivity index (χ0) is 11.7. The third kappa shape index (κ3) is 8.78. The Labute approximate surface area is 105 Å². The second kappa shape index (κ2) is 8.02. The fourth-order valence-electron chi connectivity index (χ4n) is 0.962. The van der Waals surface area contributed by atoms with Gasteiger partial charge in [0.2, 0.25) is 12.2 Å². The molecule has 84 valence electrons. The predicted molar refractivity (Wildman–Crippen MR) is 68.7 cm³/mol. The van der Waals surface area contributed by atoms with Crippen molar-refractivity contribution in [2.24, 2.45) is 9.98 Å². The summed E-state index contributed by atoms with van der Waals surface area (Å²) in [6.45, 7) is 0.559. The Kier molecular flexibility index (Phi) is 7.92. The molecule has 0 heterocycles. The summed E-state index contributed by atoms with van der Waals surface area (Å²) in [5.74, 6) is 0. The van der Waals surface area contributed by atoms with E-state index < -0.39 is 4.08 Å². The number of nitrogens with zero attached hydrogens (tertiary/aromatic N) is 2. The van der Waals surface area contributed by atoms with E-state index in [0.29, 0.717) is 19.4 Å². The van der Waals surface area contributed by atoms with Gasteiger partial charge in [0.25, 0.3) is 0 Å². The van der Waals surface area contributed by atoms with Gasteiger partial charge in [0, 0.05) is 5.25 Å². The van der Waals surface area contributed by atoms with Crippen LogP contribution in [0, 0.1) is 0 Å². The molecule has 1 atom stereocenters. The van der Waals surface area contributed by atoms with Crippen LogP contribution in [0.1, 0.15) is 12.8 Å². The molecule has 0 radical (unpaired) electrons. The third-order valence-corrected chi connectivity index (χ3v) is 2.69. The van der Waals surface area contributed by atoms with Gasteiger partial charge in [0.05, 0.1) is 17.2 Å². The van der Waals surface area contributed by atoms with Crippen molar-refractivity contribution < 1.29 is 9.59 Å². The van der Waals surface area contributed by atoms with Crippen molar-refractivity contribution in [1.29, 1.82) is 0 Å². The Morgan fingerprint density at radius 1 is 1.20 bits per heavy atom. The quantitative estimate of drug-likeness (QED) is 0.281. The lowest BCUT2D eigenvalue weighted by atomic mass is 10.1. The van der Waals surface area contributed by atoms with Crippen molar-refractivity contribution in [2.45, 2.75) is 22.2 Å². The normalized spacial score (nSPS) is 12.5. The van der Waals surface area contributed by atoms with E-state index >= 15 is 0 Å². The minimum absolute atomic E-state index is 0.000970. The van der Waals surface area contributed by atoms with Crippen molar-refractivity contribution in [3.8, 4) is 0 Å². The number of hydrogen-bond acceptors (Lipinski definition) is 7. The van der Waals surface area contributed by atoms with Crippen LogP contribution in [0.25, 0.3) is 0 Å². The Balaban J connectivity index is 3.96. The summed E-state index contributed by atoms with van der Waals surface area (Å²) in [6, 6.07) is 0. The summed E-state index contributed by atoms with van der Waals surface area (Å²) in [7, 11) is 0. The Bertz CT molecular complexity index is 284. The van der Waals surface area contributed by atoms with Crippen molar-refractivity contribution in [1.82, 2.24) is 0 Å². The molecule has 0 aliphatic rings. The summed E-state index contributed by atoms with van der Waals surface area (Å²) in [4.78, 5) is 26.5. The van der Waals surface area contributed by atoms with Gasteiger partial charge in [-0.3, -0.25) is 0 Å². The van der Waals surface area contributed by atoms with E-state index in [-0.39, 0.29) is 11.8 Å². The number of rotatable bonds is 7. The lowest BCUT2D eigenvalue weighted by molar-refractivity contribution is 0.558. The Morgan fingerprint density at radius 2 is 1.80 bits per heavy atom. The van der Waals surface area contributed by atoms with Crippen LogP contribution in [0.4, 0.5) is 0 Å². The zero-order valence-corrected chi connectivity index (χ0v) is 10.6. The van der Waals surface area contributed by atoms with Gasteiger partial charge in [0.15, 0.2) is 0 Å². The number of carbonyl (C=O) groups excluding carboxylic acids is 2.